The first-order valence-electron chi connectivity index (χ1n) is 7.70. The van der Waals surface area contributed by atoms with E-state index in [4.69, 9.17) is 0 Å². The number of aryl methyl sites for hydroxylation is 3. The highest BCUT2D eigenvalue weighted by Crippen LogP contribution is 2.19. The fraction of sp³-hybridized carbons (Fsp3) is 0.375. The Bertz CT molecular complexity index is 913. The normalized spacial score (nSPS) is 11.2. The van der Waals surface area contributed by atoms with Gasteiger partial charge in [-0.15, -0.1) is 0 Å². The van der Waals surface area contributed by atoms with Crippen LogP contribution in [0, 0.1) is 13.8 Å². The van der Waals surface area contributed by atoms with Gasteiger partial charge in [-0.3, -0.25) is 9.48 Å². The number of halogens is 1. The van der Waals surface area contributed by atoms with Crippen LogP contribution in [0.15, 0.2) is 22.9 Å². The van der Waals surface area contributed by atoms with Gasteiger partial charge in [-0.05, 0) is 42.8 Å². The number of hydrogen-bond donors (Lipinski definition) is 0. The quantitative estimate of drug-likeness (QED) is 0.686. The van der Waals surface area contributed by atoms with Crippen LogP contribution in [0.3, 0.4) is 0 Å². The molecule has 0 aliphatic carbocycles. The van der Waals surface area contributed by atoms with Crippen molar-refractivity contribution in [2.45, 2.75) is 33.9 Å². The van der Waals surface area contributed by atoms with Crippen LogP contribution in [0.1, 0.15) is 34.4 Å². The van der Waals surface area contributed by atoms with Crippen molar-refractivity contribution in [2.75, 3.05) is 7.05 Å². The zero-order valence-corrected chi connectivity index (χ0v) is 15.7. The molecule has 0 N–H and O–H groups in total. The molecule has 0 unspecified atom stereocenters. The van der Waals surface area contributed by atoms with Crippen LogP contribution in [0.4, 0.5) is 0 Å². The minimum Gasteiger partial charge on any atom is -0.336 e. The Morgan fingerprint density at radius 1 is 1.38 bits per heavy atom. The molecule has 1 amide bonds. The Morgan fingerprint density at radius 3 is 2.79 bits per heavy atom. The van der Waals surface area contributed by atoms with Crippen molar-refractivity contribution in [2.24, 2.45) is 0 Å². The van der Waals surface area contributed by atoms with Crippen LogP contribution < -0.4 is 0 Å². The van der Waals surface area contributed by atoms with Crippen LogP contribution in [0.25, 0.3) is 5.65 Å². The Balaban J connectivity index is 1.89. The minimum absolute atomic E-state index is 0.125. The smallest absolute Gasteiger partial charge is 0.259 e. The Morgan fingerprint density at radius 2 is 2.12 bits per heavy atom. The minimum atomic E-state index is -0.125. The van der Waals surface area contributed by atoms with Crippen LogP contribution in [-0.4, -0.2) is 42.2 Å². The molecule has 7 nitrogen and oxygen atoms in total. The maximum absolute atomic E-state index is 12.8. The van der Waals surface area contributed by atoms with E-state index in [2.05, 4.69) is 31.1 Å². The Hall–Kier alpha value is -2.22. The lowest BCUT2D eigenvalue weighted by Gasteiger charge is -2.15. The molecule has 3 aromatic rings. The van der Waals surface area contributed by atoms with Gasteiger partial charge in [0.05, 0.1) is 22.9 Å². The van der Waals surface area contributed by atoms with Crippen molar-refractivity contribution < 1.29 is 4.79 Å². The molecule has 0 fully saturated rings. The monoisotopic (exact) mass is 390 g/mol. The van der Waals surface area contributed by atoms with E-state index in [0.717, 1.165) is 28.1 Å². The lowest BCUT2D eigenvalue weighted by atomic mass is 10.2. The average molecular weight is 391 g/mol. The molecule has 24 heavy (non-hydrogen) atoms. The van der Waals surface area contributed by atoms with Gasteiger partial charge in [-0.1, -0.05) is 0 Å². The number of amides is 1. The first-order chi connectivity index (χ1) is 11.4. The molecule has 8 heteroatoms. The average Bonchev–Trinajstić information content (AvgIpc) is 3.10. The molecule has 3 aromatic heterocycles. The highest BCUT2D eigenvalue weighted by Gasteiger charge is 2.20. The van der Waals surface area contributed by atoms with E-state index >= 15 is 0 Å². The number of carbonyl (C=O) groups excluding carboxylic acids is 1. The van der Waals surface area contributed by atoms with Crippen LogP contribution in [0.5, 0.6) is 0 Å². The highest BCUT2D eigenvalue weighted by molar-refractivity contribution is 9.10. The molecule has 0 atom stereocenters. The molecule has 0 saturated heterocycles. The van der Waals surface area contributed by atoms with Crippen molar-refractivity contribution in [1.29, 1.82) is 0 Å². The third kappa shape index (κ3) is 2.93. The van der Waals surface area contributed by atoms with Gasteiger partial charge in [0.1, 0.15) is 5.56 Å². The van der Waals surface area contributed by atoms with Gasteiger partial charge >= 0.3 is 0 Å². The van der Waals surface area contributed by atoms with E-state index < -0.39 is 0 Å². The van der Waals surface area contributed by atoms with E-state index in [1.165, 1.54) is 0 Å². The molecule has 0 saturated carbocycles. The zero-order chi connectivity index (χ0) is 17.4. The third-order valence-electron chi connectivity index (χ3n) is 3.85. The molecule has 0 aliphatic rings. The molecular weight excluding hydrogens is 372 g/mol. The second-order valence-electron chi connectivity index (χ2n) is 5.77. The van der Waals surface area contributed by atoms with Crippen molar-refractivity contribution in [3.63, 3.8) is 0 Å². The second-order valence-corrected chi connectivity index (χ2v) is 6.63. The van der Waals surface area contributed by atoms with E-state index in [-0.39, 0.29) is 5.91 Å². The van der Waals surface area contributed by atoms with Crippen molar-refractivity contribution in [3.05, 3.63) is 45.6 Å². The lowest BCUT2D eigenvalue weighted by molar-refractivity contribution is 0.0784. The van der Waals surface area contributed by atoms with Crippen molar-refractivity contribution in [1.82, 2.24) is 29.3 Å². The third-order valence-corrected chi connectivity index (χ3v) is 4.52. The van der Waals surface area contributed by atoms with Crippen molar-refractivity contribution in [3.8, 4) is 0 Å². The van der Waals surface area contributed by atoms with Gasteiger partial charge in [0.2, 0.25) is 0 Å². The van der Waals surface area contributed by atoms with E-state index in [9.17, 15) is 4.79 Å². The first-order valence-corrected chi connectivity index (χ1v) is 8.49. The Labute approximate surface area is 148 Å². The SMILES string of the molecule is CCn1cc(Br)c(CN(C)C(=O)c2cnn3c(C)cc(C)nc23)n1. The summed E-state index contributed by atoms with van der Waals surface area (Å²) in [4.78, 5) is 18.9. The van der Waals surface area contributed by atoms with Gasteiger partial charge in [0.15, 0.2) is 5.65 Å². The second kappa shape index (κ2) is 6.35. The zero-order valence-electron chi connectivity index (χ0n) is 14.1. The molecule has 0 radical (unpaired) electrons. The summed E-state index contributed by atoms with van der Waals surface area (Å²) < 4.78 is 4.42. The summed E-state index contributed by atoms with van der Waals surface area (Å²) in [5, 5.41) is 8.74. The maximum Gasteiger partial charge on any atom is 0.259 e. The molecule has 126 valence electrons. The Kier molecular flexibility index (Phi) is 4.40. The summed E-state index contributed by atoms with van der Waals surface area (Å²) in [7, 11) is 1.76. The molecule has 0 aliphatic heterocycles. The van der Waals surface area contributed by atoms with Gasteiger partial charge in [0, 0.05) is 31.2 Å². The van der Waals surface area contributed by atoms with Gasteiger partial charge < -0.3 is 4.90 Å². The van der Waals surface area contributed by atoms with Gasteiger partial charge in [-0.2, -0.15) is 10.2 Å². The standard InChI is InChI=1S/C16H19BrN6O/c1-5-22-8-13(17)14(20-22)9-21(4)16(24)12-7-18-23-11(3)6-10(2)19-15(12)23/h6-8H,5,9H2,1-4H3. The number of fused-ring (bicyclic) bond motifs is 1. The van der Waals surface area contributed by atoms with Gasteiger partial charge in [-0.25, -0.2) is 9.50 Å². The fourth-order valence-corrected chi connectivity index (χ4v) is 3.07. The summed E-state index contributed by atoms with van der Waals surface area (Å²) in [6.07, 6.45) is 3.49. The van der Waals surface area contributed by atoms with Crippen LogP contribution in [0.2, 0.25) is 0 Å². The number of hydrogen-bond acceptors (Lipinski definition) is 4. The van der Waals surface area contributed by atoms with Gasteiger partial charge in [0.25, 0.3) is 5.91 Å². The van der Waals surface area contributed by atoms with Crippen LogP contribution in [-0.2, 0) is 13.1 Å². The molecule has 0 spiro atoms. The molecule has 3 heterocycles. The molecule has 0 bridgehead atoms. The first kappa shape index (κ1) is 16.6. The summed E-state index contributed by atoms with van der Waals surface area (Å²) in [6.45, 7) is 7.07. The molecule has 3 rings (SSSR count). The van der Waals surface area contributed by atoms with Crippen molar-refractivity contribution >= 4 is 27.5 Å². The summed E-state index contributed by atoms with van der Waals surface area (Å²) in [5.41, 5.74) is 3.72. The number of carbonyl (C=O) groups is 1. The summed E-state index contributed by atoms with van der Waals surface area (Å²) in [6, 6.07) is 1.94. The maximum atomic E-state index is 12.8. The van der Waals surface area contributed by atoms with Crippen LogP contribution >= 0.6 is 15.9 Å². The number of rotatable bonds is 4. The lowest BCUT2D eigenvalue weighted by Crippen LogP contribution is -2.26. The largest absolute Gasteiger partial charge is 0.336 e. The molecule has 0 aromatic carbocycles. The summed E-state index contributed by atoms with van der Waals surface area (Å²) >= 11 is 3.49. The number of aromatic nitrogens is 5. The summed E-state index contributed by atoms with van der Waals surface area (Å²) in [5.74, 6) is -0.125. The van der Waals surface area contributed by atoms with E-state index in [1.807, 2.05) is 37.7 Å². The topological polar surface area (TPSA) is 68.3 Å². The fourth-order valence-electron chi connectivity index (χ4n) is 2.63. The highest BCUT2D eigenvalue weighted by atomic mass is 79.9. The van der Waals surface area contributed by atoms with E-state index in [0.29, 0.717) is 17.8 Å². The predicted octanol–water partition coefficient (Wildman–Crippen LogP) is 2.60. The predicted molar refractivity (Wildman–Crippen MR) is 93.9 cm³/mol. The molecular formula is C16H19BrN6O. The van der Waals surface area contributed by atoms with E-state index in [1.54, 1.807) is 22.7 Å². The number of nitrogens with zero attached hydrogens (tertiary/aromatic N) is 6.